The Bertz CT molecular complexity index is 167. The van der Waals surface area contributed by atoms with E-state index in [1.807, 2.05) is 30.3 Å². The standard InChI is InChI=1S/C8H8P/c1-9(2)8-6-4-3-5-7-8/h1-7,9H/q-1. The molecule has 0 aliphatic heterocycles. The molecular formula is C8H8P-. The van der Waals surface area contributed by atoms with E-state index in [0.717, 1.165) is 5.30 Å². The lowest BCUT2D eigenvalue weighted by molar-refractivity contribution is 1.77. The minimum absolute atomic E-state index is 1.07. The molecule has 46 valence electrons. The van der Waals surface area contributed by atoms with Gasteiger partial charge in [0.25, 0.3) is 0 Å². The van der Waals surface area contributed by atoms with Crippen molar-refractivity contribution in [3.63, 3.8) is 0 Å². The molecule has 1 rings (SSSR count). The van der Waals surface area contributed by atoms with Gasteiger partial charge in [0.2, 0.25) is 0 Å². The average molecular weight is 135 g/mol. The zero-order valence-corrected chi connectivity index (χ0v) is 6.04. The van der Waals surface area contributed by atoms with Crippen molar-refractivity contribution in [2.24, 2.45) is 0 Å². The molecule has 1 heteroatoms. The molecule has 0 unspecified atom stereocenters. The van der Waals surface area contributed by atoms with Crippen LogP contribution in [-0.4, -0.2) is 0 Å². The largest absolute Gasteiger partial charge is 0.317 e. The second-order valence-corrected chi connectivity index (χ2v) is 3.31. The summed E-state index contributed by atoms with van der Waals surface area (Å²) in [5.74, 6) is 0. The van der Waals surface area contributed by atoms with Crippen LogP contribution in [0.3, 0.4) is 0 Å². The zero-order chi connectivity index (χ0) is 6.69. The van der Waals surface area contributed by atoms with Crippen molar-refractivity contribution in [1.82, 2.24) is 0 Å². The van der Waals surface area contributed by atoms with Crippen LogP contribution in [0.15, 0.2) is 30.3 Å². The smallest absolute Gasteiger partial charge is 0.0296 e. The van der Waals surface area contributed by atoms with Crippen molar-refractivity contribution < 1.29 is 0 Å². The fourth-order valence-electron chi connectivity index (χ4n) is 0.631. The van der Waals surface area contributed by atoms with Crippen molar-refractivity contribution in [1.29, 1.82) is 0 Å². The molecule has 0 fully saturated rings. The predicted octanol–water partition coefficient (Wildman–Crippen LogP) is 1.86. The number of rotatable bonds is 1. The zero-order valence-electron chi connectivity index (χ0n) is 5.04. The lowest BCUT2D eigenvalue weighted by Crippen LogP contribution is -1.92. The van der Waals surface area contributed by atoms with E-state index in [0.29, 0.717) is 0 Å². The highest BCUT2D eigenvalue weighted by molar-refractivity contribution is 7.67. The predicted molar refractivity (Wildman–Crippen MR) is 43.0 cm³/mol. The summed E-state index contributed by atoms with van der Waals surface area (Å²) in [7, 11) is -1.21. The van der Waals surface area contributed by atoms with Crippen LogP contribution in [0.25, 0.3) is 0 Å². The van der Waals surface area contributed by atoms with E-state index in [1.54, 1.807) is 0 Å². The van der Waals surface area contributed by atoms with E-state index in [4.69, 9.17) is 13.3 Å². The van der Waals surface area contributed by atoms with Gasteiger partial charge in [-0.3, -0.25) is 7.92 Å². The Morgan fingerprint density at radius 2 is 1.56 bits per heavy atom. The van der Waals surface area contributed by atoms with Gasteiger partial charge in [-0.2, -0.15) is 0 Å². The van der Waals surface area contributed by atoms with E-state index < -0.39 is 7.92 Å². The van der Waals surface area contributed by atoms with Gasteiger partial charge in [-0.25, -0.2) is 0 Å². The molecule has 0 saturated carbocycles. The Morgan fingerprint density at radius 1 is 1.00 bits per heavy atom. The first-order chi connectivity index (χ1) is 4.30. The molecule has 0 saturated heterocycles. The molecule has 1 aromatic rings. The lowest BCUT2D eigenvalue weighted by Gasteiger charge is -2.13. The Kier molecular flexibility index (Phi) is 2.24. The molecule has 0 spiro atoms. The van der Waals surface area contributed by atoms with E-state index in [9.17, 15) is 0 Å². The molecule has 0 N–H and O–H groups in total. The SMILES string of the molecule is [CH-][PH+]([CH-])c1ccccc1. The highest BCUT2D eigenvalue weighted by atomic mass is 31.1. The summed E-state index contributed by atoms with van der Waals surface area (Å²) in [5.41, 5.74) is 0. The van der Waals surface area contributed by atoms with Gasteiger partial charge >= 0.3 is 0 Å². The molecule has 9 heavy (non-hydrogen) atoms. The first-order valence-corrected chi connectivity index (χ1v) is 4.39. The summed E-state index contributed by atoms with van der Waals surface area (Å²) >= 11 is 0. The fourth-order valence-corrected chi connectivity index (χ4v) is 1.21. The molecule has 0 bridgehead atoms. The third kappa shape index (κ3) is 1.80. The van der Waals surface area contributed by atoms with Gasteiger partial charge in [-0.15, -0.1) is 0 Å². The maximum absolute atomic E-state index is 5.49. The number of hydrogen-bond acceptors (Lipinski definition) is 0. The van der Waals surface area contributed by atoms with Gasteiger partial charge in [0.05, 0.1) is 0 Å². The molecule has 0 aromatic heterocycles. The van der Waals surface area contributed by atoms with Crippen molar-refractivity contribution in [2.45, 2.75) is 0 Å². The quantitative estimate of drug-likeness (QED) is 0.407. The third-order valence-electron chi connectivity index (χ3n) is 1.11. The Morgan fingerprint density at radius 3 is 1.89 bits per heavy atom. The first-order valence-electron chi connectivity index (χ1n) is 2.74. The van der Waals surface area contributed by atoms with Gasteiger partial charge in [0.15, 0.2) is 0 Å². The van der Waals surface area contributed by atoms with Crippen LogP contribution in [0.4, 0.5) is 0 Å². The molecule has 0 aliphatic carbocycles. The summed E-state index contributed by atoms with van der Waals surface area (Å²) in [6.45, 7) is 11.0. The van der Waals surface area contributed by atoms with Crippen LogP contribution in [0.5, 0.6) is 0 Å². The maximum Gasteiger partial charge on any atom is 0.0296 e. The summed E-state index contributed by atoms with van der Waals surface area (Å²) < 4.78 is 0. The molecule has 0 nitrogen and oxygen atoms in total. The van der Waals surface area contributed by atoms with Gasteiger partial charge in [-0.05, 0) is 12.1 Å². The monoisotopic (exact) mass is 135 g/mol. The van der Waals surface area contributed by atoms with Crippen LogP contribution in [0.2, 0.25) is 0 Å². The van der Waals surface area contributed by atoms with Gasteiger partial charge in [0.1, 0.15) is 0 Å². The normalized spacial score (nSPS) is 10.1. The van der Waals surface area contributed by atoms with Crippen molar-refractivity contribution in [3.05, 3.63) is 43.7 Å². The third-order valence-corrected chi connectivity index (χ3v) is 2.11. The van der Waals surface area contributed by atoms with Crippen LogP contribution in [-0.2, 0) is 0 Å². The van der Waals surface area contributed by atoms with Gasteiger partial charge in [0, 0.05) is 5.30 Å². The van der Waals surface area contributed by atoms with E-state index >= 15 is 0 Å². The topological polar surface area (TPSA) is 0 Å². The van der Waals surface area contributed by atoms with Gasteiger partial charge in [-0.1, -0.05) is 18.2 Å². The van der Waals surface area contributed by atoms with Crippen LogP contribution >= 0.6 is 7.92 Å². The second kappa shape index (κ2) is 2.98. The summed E-state index contributed by atoms with van der Waals surface area (Å²) in [6.07, 6.45) is 0. The molecule has 0 heterocycles. The van der Waals surface area contributed by atoms with E-state index in [1.165, 1.54) is 0 Å². The molecule has 0 aliphatic rings. The minimum atomic E-state index is -1.21. The van der Waals surface area contributed by atoms with Crippen LogP contribution < -0.4 is 5.30 Å². The number of benzene rings is 1. The maximum atomic E-state index is 5.49. The van der Waals surface area contributed by atoms with E-state index in [-0.39, 0.29) is 0 Å². The average Bonchev–Trinajstić information content (AvgIpc) is 1.90. The Balaban J connectivity index is 2.85. The molecule has 0 amide bonds. The molecule has 1 aromatic carbocycles. The Labute approximate surface area is 57.7 Å². The van der Waals surface area contributed by atoms with Gasteiger partial charge < -0.3 is 13.3 Å². The highest BCUT2D eigenvalue weighted by Gasteiger charge is 1.86. The Hall–Kier alpha value is -0.350. The summed E-state index contributed by atoms with van der Waals surface area (Å²) in [5, 5.41) is 1.07. The molecular weight excluding hydrogens is 127 g/mol. The van der Waals surface area contributed by atoms with Crippen molar-refractivity contribution >= 4 is 13.2 Å². The van der Waals surface area contributed by atoms with Crippen LogP contribution in [0, 0.1) is 13.3 Å². The first kappa shape index (κ1) is 6.77. The lowest BCUT2D eigenvalue weighted by atomic mass is 10.4. The molecule has 0 atom stereocenters. The minimum Gasteiger partial charge on any atom is -0.317 e. The highest BCUT2D eigenvalue weighted by Crippen LogP contribution is 2.27. The van der Waals surface area contributed by atoms with E-state index in [2.05, 4.69) is 0 Å². The summed E-state index contributed by atoms with van der Waals surface area (Å²) in [4.78, 5) is 0. The van der Waals surface area contributed by atoms with Crippen molar-refractivity contribution in [2.75, 3.05) is 0 Å². The summed E-state index contributed by atoms with van der Waals surface area (Å²) in [6, 6.07) is 9.75. The number of hydrogen-bond donors (Lipinski definition) is 0. The van der Waals surface area contributed by atoms with Crippen molar-refractivity contribution in [3.8, 4) is 0 Å². The van der Waals surface area contributed by atoms with Crippen LogP contribution in [0.1, 0.15) is 0 Å². The second-order valence-electron chi connectivity index (χ2n) is 1.82. The fraction of sp³-hybridized carbons (Fsp3) is 0. The molecule has 2 radical (unpaired) electrons.